The number of pyridine rings is 1. The highest BCUT2D eigenvalue weighted by molar-refractivity contribution is 5.82. The van der Waals surface area contributed by atoms with E-state index in [0.717, 1.165) is 5.56 Å². The molecule has 0 aliphatic carbocycles. The second-order valence-electron chi connectivity index (χ2n) is 5.36. The zero-order valence-electron chi connectivity index (χ0n) is 12.6. The third-order valence-corrected chi connectivity index (χ3v) is 3.63. The van der Waals surface area contributed by atoms with Gasteiger partial charge in [0.15, 0.2) is 11.5 Å². The quantitative estimate of drug-likeness (QED) is 0.872. The van der Waals surface area contributed by atoms with Gasteiger partial charge in [0.25, 0.3) is 5.91 Å². The third-order valence-electron chi connectivity index (χ3n) is 3.63. The summed E-state index contributed by atoms with van der Waals surface area (Å²) in [5.41, 5.74) is 1.02. The van der Waals surface area contributed by atoms with Crippen LogP contribution in [0.15, 0.2) is 48.8 Å². The number of benzene rings is 1. The predicted octanol–water partition coefficient (Wildman–Crippen LogP) is 2.27. The van der Waals surface area contributed by atoms with E-state index in [9.17, 15) is 4.79 Å². The minimum absolute atomic E-state index is 0.0983. The Morgan fingerprint density at radius 3 is 2.45 bits per heavy atom. The first kappa shape index (κ1) is 14.4. The molecular formula is C17H18N2O3. The highest BCUT2D eigenvalue weighted by atomic mass is 16.6. The molecule has 1 amide bonds. The molecule has 0 saturated carbocycles. The SMILES string of the molecule is C[C@H]1Oc2ccccc2O[C@H]1C(=O)N(C)Cc1ccncc1. The van der Waals surface area contributed by atoms with Gasteiger partial charge < -0.3 is 14.4 Å². The molecule has 2 aromatic rings. The van der Waals surface area contributed by atoms with Crippen LogP contribution in [0, 0.1) is 0 Å². The van der Waals surface area contributed by atoms with E-state index in [0.29, 0.717) is 18.0 Å². The number of rotatable bonds is 3. The minimum atomic E-state index is -0.637. The molecule has 5 heteroatoms. The minimum Gasteiger partial charge on any atom is -0.482 e. The first-order valence-electron chi connectivity index (χ1n) is 7.21. The number of hydrogen-bond acceptors (Lipinski definition) is 4. The summed E-state index contributed by atoms with van der Waals surface area (Å²) in [5.74, 6) is 1.19. The third kappa shape index (κ3) is 2.88. The van der Waals surface area contributed by atoms with Crippen molar-refractivity contribution < 1.29 is 14.3 Å². The Morgan fingerprint density at radius 2 is 1.77 bits per heavy atom. The molecule has 2 atom stereocenters. The van der Waals surface area contributed by atoms with Crippen LogP contribution < -0.4 is 9.47 Å². The van der Waals surface area contributed by atoms with E-state index >= 15 is 0 Å². The zero-order valence-corrected chi connectivity index (χ0v) is 12.6. The number of nitrogens with zero attached hydrogens (tertiary/aromatic N) is 2. The molecule has 1 aliphatic rings. The Morgan fingerprint density at radius 1 is 1.14 bits per heavy atom. The van der Waals surface area contributed by atoms with E-state index in [-0.39, 0.29) is 12.0 Å². The maximum atomic E-state index is 12.6. The molecule has 22 heavy (non-hydrogen) atoms. The number of amides is 1. The van der Waals surface area contributed by atoms with Gasteiger partial charge in [-0.25, -0.2) is 0 Å². The molecule has 0 N–H and O–H groups in total. The summed E-state index contributed by atoms with van der Waals surface area (Å²) in [7, 11) is 1.76. The van der Waals surface area contributed by atoms with Crippen molar-refractivity contribution in [1.82, 2.24) is 9.88 Å². The number of para-hydroxylation sites is 2. The first-order valence-corrected chi connectivity index (χ1v) is 7.21. The lowest BCUT2D eigenvalue weighted by Gasteiger charge is -2.33. The predicted molar refractivity (Wildman–Crippen MR) is 81.7 cm³/mol. The number of aromatic nitrogens is 1. The first-order chi connectivity index (χ1) is 10.6. The smallest absolute Gasteiger partial charge is 0.267 e. The molecule has 0 spiro atoms. The lowest BCUT2D eigenvalue weighted by molar-refractivity contribution is -0.143. The van der Waals surface area contributed by atoms with E-state index in [1.165, 1.54) is 0 Å². The van der Waals surface area contributed by atoms with Crippen LogP contribution in [0.25, 0.3) is 0 Å². The number of fused-ring (bicyclic) bond motifs is 1. The summed E-state index contributed by atoms with van der Waals surface area (Å²) in [5, 5.41) is 0. The molecule has 3 rings (SSSR count). The van der Waals surface area contributed by atoms with E-state index in [1.54, 1.807) is 24.3 Å². The van der Waals surface area contributed by atoms with Crippen LogP contribution in [-0.4, -0.2) is 35.0 Å². The van der Waals surface area contributed by atoms with Gasteiger partial charge in [-0.1, -0.05) is 12.1 Å². The zero-order chi connectivity index (χ0) is 15.5. The van der Waals surface area contributed by atoms with Gasteiger partial charge in [-0.3, -0.25) is 9.78 Å². The average molecular weight is 298 g/mol. The molecular weight excluding hydrogens is 280 g/mol. The van der Waals surface area contributed by atoms with Crippen molar-refractivity contribution in [2.24, 2.45) is 0 Å². The van der Waals surface area contributed by atoms with E-state index in [2.05, 4.69) is 4.98 Å². The van der Waals surface area contributed by atoms with Crippen molar-refractivity contribution in [3.8, 4) is 11.5 Å². The normalized spacial score (nSPS) is 19.5. The van der Waals surface area contributed by atoms with E-state index in [1.807, 2.05) is 43.3 Å². The van der Waals surface area contributed by atoms with Crippen molar-refractivity contribution in [1.29, 1.82) is 0 Å². The number of carbonyl (C=O) groups excluding carboxylic acids is 1. The summed E-state index contributed by atoms with van der Waals surface area (Å²) < 4.78 is 11.6. The number of carbonyl (C=O) groups is 1. The van der Waals surface area contributed by atoms with Gasteiger partial charge in [-0.2, -0.15) is 0 Å². The molecule has 1 aromatic heterocycles. The summed E-state index contributed by atoms with van der Waals surface area (Å²) >= 11 is 0. The second-order valence-corrected chi connectivity index (χ2v) is 5.36. The van der Waals surface area contributed by atoms with E-state index < -0.39 is 6.10 Å². The Bertz CT molecular complexity index is 660. The highest BCUT2D eigenvalue weighted by Gasteiger charge is 2.35. The van der Waals surface area contributed by atoms with Gasteiger partial charge >= 0.3 is 0 Å². The topological polar surface area (TPSA) is 51.7 Å². The molecule has 0 fully saturated rings. The summed E-state index contributed by atoms with van der Waals surface area (Å²) in [4.78, 5) is 18.3. The Kier molecular flexibility index (Phi) is 3.96. The molecule has 0 radical (unpaired) electrons. The Balaban J connectivity index is 1.72. The van der Waals surface area contributed by atoms with Crippen molar-refractivity contribution in [3.05, 3.63) is 54.4 Å². The van der Waals surface area contributed by atoms with Crippen molar-refractivity contribution in [2.75, 3.05) is 7.05 Å². The largest absolute Gasteiger partial charge is 0.482 e. The monoisotopic (exact) mass is 298 g/mol. The fourth-order valence-electron chi connectivity index (χ4n) is 2.45. The summed E-state index contributed by atoms with van der Waals surface area (Å²) in [6.07, 6.45) is 2.46. The van der Waals surface area contributed by atoms with Crippen LogP contribution in [0.3, 0.4) is 0 Å². The van der Waals surface area contributed by atoms with Crippen LogP contribution in [0.1, 0.15) is 12.5 Å². The second kappa shape index (κ2) is 6.05. The standard InChI is InChI=1S/C17H18N2O3/c1-12-16(22-15-6-4-3-5-14(15)21-12)17(20)19(2)11-13-7-9-18-10-8-13/h3-10,12,16H,11H2,1-2H3/t12-,16-/m1/s1. The van der Waals surface area contributed by atoms with Crippen LogP contribution >= 0.6 is 0 Å². The van der Waals surface area contributed by atoms with Gasteiger partial charge in [0.1, 0.15) is 6.10 Å². The van der Waals surface area contributed by atoms with Crippen molar-refractivity contribution in [2.45, 2.75) is 25.7 Å². The highest BCUT2D eigenvalue weighted by Crippen LogP contribution is 2.33. The molecule has 114 valence electrons. The lowest BCUT2D eigenvalue weighted by Crippen LogP contribution is -2.49. The fraction of sp³-hybridized carbons (Fsp3) is 0.294. The van der Waals surface area contributed by atoms with Gasteiger partial charge in [-0.05, 0) is 36.8 Å². The average Bonchev–Trinajstić information content (AvgIpc) is 2.54. The summed E-state index contributed by atoms with van der Waals surface area (Å²) in [6.45, 7) is 2.36. The van der Waals surface area contributed by atoms with Crippen molar-refractivity contribution in [3.63, 3.8) is 0 Å². The molecule has 0 bridgehead atoms. The van der Waals surface area contributed by atoms with Crippen LogP contribution in [0.4, 0.5) is 0 Å². The van der Waals surface area contributed by atoms with Gasteiger partial charge in [0.05, 0.1) is 0 Å². The Hall–Kier alpha value is -2.56. The van der Waals surface area contributed by atoms with E-state index in [4.69, 9.17) is 9.47 Å². The molecule has 1 aliphatic heterocycles. The number of ether oxygens (including phenoxy) is 2. The Labute approximate surface area is 129 Å². The fourth-order valence-corrected chi connectivity index (χ4v) is 2.45. The summed E-state index contributed by atoms with van der Waals surface area (Å²) in [6, 6.07) is 11.2. The molecule has 5 nitrogen and oxygen atoms in total. The number of likely N-dealkylation sites (N-methyl/N-ethyl adjacent to an activating group) is 1. The van der Waals surface area contributed by atoms with Gasteiger partial charge in [-0.15, -0.1) is 0 Å². The maximum Gasteiger partial charge on any atom is 0.267 e. The molecule has 0 unspecified atom stereocenters. The molecule has 0 saturated heterocycles. The lowest BCUT2D eigenvalue weighted by atomic mass is 10.1. The maximum absolute atomic E-state index is 12.6. The van der Waals surface area contributed by atoms with Gasteiger partial charge in [0.2, 0.25) is 6.10 Å². The molecule has 1 aromatic carbocycles. The van der Waals surface area contributed by atoms with Crippen molar-refractivity contribution >= 4 is 5.91 Å². The molecule has 2 heterocycles. The number of hydrogen-bond donors (Lipinski definition) is 0. The van der Waals surface area contributed by atoms with Gasteiger partial charge in [0, 0.05) is 26.0 Å². The van der Waals surface area contributed by atoms with Crippen LogP contribution in [0.2, 0.25) is 0 Å². The van der Waals surface area contributed by atoms with Crippen LogP contribution in [-0.2, 0) is 11.3 Å². The van der Waals surface area contributed by atoms with Crippen LogP contribution in [0.5, 0.6) is 11.5 Å².